The first-order valence-corrected chi connectivity index (χ1v) is 14.6. The first-order valence-electron chi connectivity index (χ1n) is 9.60. The van der Waals surface area contributed by atoms with Gasteiger partial charge in [0.2, 0.25) is 6.71 Å². The van der Waals surface area contributed by atoms with Gasteiger partial charge < -0.3 is 0 Å². The van der Waals surface area contributed by atoms with Crippen LogP contribution in [-0.4, -0.2) is 6.71 Å². The second-order valence-electron chi connectivity index (χ2n) is 7.35. The number of benzene rings is 3. The van der Waals surface area contributed by atoms with E-state index in [1.165, 1.54) is 46.6 Å². The van der Waals surface area contributed by atoms with Crippen LogP contribution in [0.25, 0.3) is 30.3 Å². The summed E-state index contributed by atoms with van der Waals surface area (Å²) >= 11 is 17.0. The van der Waals surface area contributed by atoms with Gasteiger partial charge in [-0.25, -0.2) is 0 Å². The van der Waals surface area contributed by atoms with Crippen LogP contribution in [0.3, 0.4) is 0 Å². The average molecular weight is 647 g/mol. The summed E-state index contributed by atoms with van der Waals surface area (Å²) in [5.41, 5.74) is 4.08. The van der Waals surface area contributed by atoms with Crippen LogP contribution in [0.4, 0.5) is 0 Å². The highest BCUT2D eigenvalue weighted by Crippen LogP contribution is 2.32. The molecule has 150 valence electrons. The van der Waals surface area contributed by atoms with Crippen LogP contribution in [0, 0.1) is 0 Å². The van der Waals surface area contributed by atoms with Gasteiger partial charge in [0, 0.05) is 43.7 Å². The Hall–Kier alpha value is -0.955. The number of rotatable bonds is 3. The first kappa shape index (κ1) is 20.6. The summed E-state index contributed by atoms with van der Waals surface area (Å²) < 4.78 is 7.40. The Morgan fingerprint density at radius 3 is 1.13 bits per heavy atom. The molecule has 7 heteroatoms. The third kappa shape index (κ3) is 3.32. The fourth-order valence-electron chi connectivity index (χ4n) is 4.35. The Morgan fingerprint density at radius 2 is 0.806 bits per heavy atom. The molecule has 3 aromatic carbocycles. The van der Waals surface area contributed by atoms with Gasteiger partial charge in [-0.15, -0.1) is 34.0 Å². The second-order valence-corrected chi connectivity index (χ2v) is 12.6. The molecular formula is C24H12BBr3S3. The van der Waals surface area contributed by atoms with E-state index in [2.05, 4.69) is 119 Å². The fraction of sp³-hybridized carbons (Fsp3) is 0. The molecular weight excluding hydrogens is 635 g/mol. The zero-order valence-electron chi connectivity index (χ0n) is 15.9. The molecule has 0 aliphatic heterocycles. The Kier molecular flexibility index (Phi) is 5.40. The summed E-state index contributed by atoms with van der Waals surface area (Å²) in [6, 6.07) is 19.5. The maximum atomic E-state index is 3.84. The van der Waals surface area contributed by atoms with Gasteiger partial charge in [-0.1, -0.05) is 66.0 Å². The van der Waals surface area contributed by atoms with Crippen molar-refractivity contribution in [2.75, 3.05) is 0 Å². The summed E-state index contributed by atoms with van der Waals surface area (Å²) in [6.07, 6.45) is 0. The molecule has 0 saturated heterocycles. The number of halogens is 3. The molecule has 0 radical (unpaired) electrons. The van der Waals surface area contributed by atoms with Crippen molar-refractivity contribution in [1.82, 2.24) is 0 Å². The standard InChI is InChI=1S/C24H12BBr3S3/c26-16-4-1-7-19-22(16)13(10-29-19)25(14-11-30-20-8-2-5-17(27)23(14)20)15-12-31-21-9-3-6-18(28)24(15)21/h1-12H. The quantitative estimate of drug-likeness (QED) is 0.170. The van der Waals surface area contributed by atoms with Crippen molar-refractivity contribution in [3.8, 4) is 0 Å². The lowest BCUT2D eigenvalue weighted by molar-refractivity contribution is 1.78. The van der Waals surface area contributed by atoms with E-state index in [9.17, 15) is 0 Å². The van der Waals surface area contributed by atoms with Crippen LogP contribution in [0.2, 0.25) is 0 Å². The summed E-state index contributed by atoms with van der Waals surface area (Å²) in [5.74, 6) is 0. The molecule has 3 heterocycles. The molecule has 0 fully saturated rings. The molecule has 0 aliphatic carbocycles. The lowest BCUT2D eigenvalue weighted by atomic mass is 9.37. The Morgan fingerprint density at radius 1 is 0.484 bits per heavy atom. The first-order chi connectivity index (χ1) is 15.1. The van der Waals surface area contributed by atoms with E-state index in [1.807, 2.05) is 34.0 Å². The summed E-state index contributed by atoms with van der Waals surface area (Å²) in [4.78, 5) is 0. The fourth-order valence-corrected chi connectivity index (χ4v) is 9.56. The smallest absolute Gasteiger partial charge is 0.144 e. The number of hydrogen-bond acceptors (Lipinski definition) is 3. The summed E-state index contributed by atoms with van der Waals surface area (Å²) in [5, 5.41) is 11.0. The highest BCUT2D eigenvalue weighted by atomic mass is 79.9. The minimum Gasteiger partial charge on any atom is -0.144 e. The lowest BCUT2D eigenvalue weighted by Crippen LogP contribution is -2.51. The predicted molar refractivity (Wildman–Crippen MR) is 153 cm³/mol. The SMILES string of the molecule is Brc1cccc2scc(B(c3csc4cccc(Br)c34)c3csc4cccc(Br)c34)c12. The minimum atomic E-state index is 0.146. The number of hydrogen-bond donors (Lipinski definition) is 0. The van der Waals surface area contributed by atoms with Gasteiger partial charge in [0.05, 0.1) is 0 Å². The average Bonchev–Trinajstić information content (AvgIpc) is 3.48. The highest BCUT2D eigenvalue weighted by Gasteiger charge is 2.31. The van der Waals surface area contributed by atoms with Gasteiger partial charge in [-0.2, -0.15) is 0 Å². The topological polar surface area (TPSA) is 0 Å². The van der Waals surface area contributed by atoms with E-state index in [4.69, 9.17) is 0 Å². The predicted octanol–water partition coefficient (Wildman–Crippen LogP) is 8.13. The van der Waals surface area contributed by atoms with Crippen molar-refractivity contribution < 1.29 is 0 Å². The van der Waals surface area contributed by atoms with Crippen molar-refractivity contribution in [3.63, 3.8) is 0 Å². The van der Waals surface area contributed by atoms with Crippen molar-refractivity contribution in [2.45, 2.75) is 0 Å². The molecule has 0 unspecified atom stereocenters. The molecule has 31 heavy (non-hydrogen) atoms. The van der Waals surface area contributed by atoms with Crippen LogP contribution in [0.1, 0.15) is 0 Å². The van der Waals surface area contributed by atoms with E-state index in [1.54, 1.807) is 0 Å². The van der Waals surface area contributed by atoms with E-state index in [0.717, 1.165) is 13.4 Å². The van der Waals surface area contributed by atoms with Crippen LogP contribution in [-0.2, 0) is 0 Å². The van der Waals surface area contributed by atoms with Crippen molar-refractivity contribution in [2.24, 2.45) is 0 Å². The van der Waals surface area contributed by atoms with E-state index in [-0.39, 0.29) is 6.71 Å². The van der Waals surface area contributed by atoms with E-state index >= 15 is 0 Å². The molecule has 0 N–H and O–H groups in total. The molecule has 3 aromatic heterocycles. The molecule has 0 nitrogen and oxygen atoms in total. The van der Waals surface area contributed by atoms with Crippen LogP contribution < -0.4 is 16.4 Å². The van der Waals surface area contributed by atoms with Crippen LogP contribution in [0.5, 0.6) is 0 Å². The minimum absolute atomic E-state index is 0.146. The van der Waals surface area contributed by atoms with Gasteiger partial charge in [-0.3, -0.25) is 0 Å². The van der Waals surface area contributed by atoms with Gasteiger partial charge in [0.1, 0.15) is 0 Å². The zero-order chi connectivity index (χ0) is 21.1. The van der Waals surface area contributed by atoms with E-state index in [0.29, 0.717) is 0 Å². The van der Waals surface area contributed by atoms with Crippen LogP contribution >= 0.6 is 81.8 Å². The van der Waals surface area contributed by atoms with Gasteiger partial charge in [0.25, 0.3) is 0 Å². The van der Waals surface area contributed by atoms with Gasteiger partial charge >= 0.3 is 0 Å². The summed E-state index contributed by atoms with van der Waals surface area (Å²) in [7, 11) is 0. The monoisotopic (exact) mass is 644 g/mol. The molecule has 0 atom stereocenters. The molecule has 0 saturated carbocycles. The Labute approximate surface area is 217 Å². The molecule has 6 aromatic rings. The lowest BCUT2D eigenvalue weighted by Gasteiger charge is -2.15. The number of fused-ring (bicyclic) bond motifs is 3. The second kappa shape index (κ2) is 8.12. The Bertz CT molecular complexity index is 1400. The molecule has 0 bridgehead atoms. The molecule has 0 amide bonds. The van der Waals surface area contributed by atoms with E-state index < -0.39 is 0 Å². The molecule has 0 spiro atoms. The maximum absolute atomic E-state index is 3.84. The van der Waals surface area contributed by atoms with Crippen LogP contribution in [0.15, 0.2) is 84.2 Å². The zero-order valence-corrected chi connectivity index (χ0v) is 23.1. The molecule has 6 rings (SSSR count). The number of thiophene rings is 3. The van der Waals surface area contributed by atoms with Crippen molar-refractivity contribution in [1.29, 1.82) is 0 Å². The third-order valence-electron chi connectivity index (χ3n) is 5.66. The maximum Gasteiger partial charge on any atom is 0.247 e. The highest BCUT2D eigenvalue weighted by molar-refractivity contribution is 9.11. The largest absolute Gasteiger partial charge is 0.247 e. The van der Waals surface area contributed by atoms with Crippen molar-refractivity contribution >= 4 is 135 Å². The van der Waals surface area contributed by atoms with Gasteiger partial charge in [-0.05, 0) is 68.9 Å². The normalized spacial score (nSPS) is 11.7. The third-order valence-corrected chi connectivity index (χ3v) is 10.5. The molecule has 0 aliphatic rings. The van der Waals surface area contributed by atoms with Gasteiger partial charge in [0.15, 0.2) is 0 Å². The summed E-state index contributed by atoms with van der Waals surface area (Å²) in [6.45, 7) is 0.146. The Balaban J connectivity index is 1.74. The van der Waals surface area contributed by atoms with Crippen molar-refractivity contribution in [3.05, 3.63) is 84.2 Å².